The maximum absolute atomic E-state index is 12.2. The van der Waals surface area contributed by atoms with E-state index >= 15 is 0 Å². The van der Waals surface area contributed by atoms with Crippen molar-refractivity contribution in [3.63, 3.8) is 0 Å². The van der Waals surface area contributed by atoms with E-state index in [1.807, 2.05) is 9.80 Å². The van der Waals surface area contributed by atoms with Crippen molar-refractivity contribution in [3.8, 4) is 0 Å². The van der Waals surface area contributed by atoms with Gasteiger partial charge in [0.1, 0.15) is 6.10 Å². The second-order valence-corrected chi connectivity index (χ2v) is 9.01. The molecule has 3 saturated heterocycles. The summed E-state index contributed by atoms with van der Waals surface area (Å²) in [6, 6.07) is 0. The monoisotopic (exact) mass is 453 g/mol. The molecule has 11 heteroatoms. The van der Waals surface area contributed by atoms with Crippen LogP contribution in [-0.4, -0.2) is 139 Å². The molecule has 3 heterocycles. The van der Waals surface area contributed by atoms with E-state index in [1.165, 1.54) is 0 Å². The minimum Gasteiger partial charge on any atom is -0.481 e. The van der Waals surface area contributed by atoms with Gasteiger partial charge in [-0.3, -0.25) is 20.0 Å². The third kappa shape index (κ3) is 7.79. The molecular formula is C21H39N7O4. The summed E-state index contributed by atoms with van der Waals surface area (Å²) < 4.78 is 5.59. The Bertz CT molecular complexity index is 634. The second-order valence-electron chi connectivity index (χ2n) is 9.01. The van der Waals surface area contributed by atoms with Crippen molar-refractivity contribution < 1.29 is 19.4 Å². The summed E-state index contributed by atoms with van der Waals surface area (Å²) in [7, 11) is 0. The van der Waals surface area contributed by atoms with E-state index in [0.717, 1.165) is 91.4 Å². The van der Waals surface area contributed by atoms with Crippen LogP contribution in [0.3, 0.4) is 0 Å². The predicted octanol–water partition coefficient (Wildman–Crippen LogP) is -0.419. The van der Waals surface area contributed by atoms with E-state index in [9.17, 15) is 9.59 Å². The fourth-order valence-corrected chi connectivity index (χ4v) is 4.64. The first-order chi connectivity index (χ1) is 15.4. The van der Waals surface area contributed by atoms with Gasteiger partial charge in [-0.25, -0.2) is 4.79 Å². The molecule has 3 fully saturated rings. The molecule has 1 atom stereocenters. The summed E-state index contributed by atoms with van der Waals surface area (Å²) in [6.07, 6.45) is 2.66. The highest BCUT2D eigenvalue weighted by atomic mass is 16.6. The molecule has 0 aliphatic carbocycles. The van der Waals surface area contributed by atoms with Gasteiger partial charge in [-0.1, -0.05) is 0 Å². The lowest BCUT2D eigenvalue weighted by atomic mass is 10.2. The van der Waals surface area contributed by atoms with Gasteiger partial charge in [-0.15, -0.1) is 0 Å². The number of piperazine rings is 2. The molecular weight excluding hydrogens is 414 g/mol. The number of nitrogens with two attached hydrogens (primary N) is 1. The number of hydrogen-bond donors (Lipinski definition) is 3. The zero-order valence-electron chi connectivity index (χ0n) is 19.1. The molecule has 4 N–H and O–H groups in total. The Labute approximate surface area is 190 Å². The number of ether oxygens (including phenoxy) is 1. The SMILES string of the molecule is N=C(N)N1CCN(CCCCN2CC(CN3CCN(CCCC(=O)O)CC3)OC2=O)CC1. The summed E-state index contributed by atoms with van der Waals surface area (Å²) in [5, 5.41) is 16.2. The lowest BCUT2D eigenvalue weighted by Gasteiger charge is -2.35. The minimum atomic E-state index is -0.733. The number of amides is 1. The number of guanidine groups is 1. The zero-order valence-corrected chi connectivity index (χ0v) is 19.1. The van der Waals surface area contributed by atoms with E-state index in [1.54, 1.807) is 0 Å². The number of carboxylic acid groups (broad SMARTS) is 1. The lowest BCUT2D eigenvalue weighted by Crippen LogP contribution is -2.50. The Morgan fingerprint density at radius 3 is 2.12 bits per heavy atom. The molecule has 0 aromatic rings. The molecule has 0 saturated carbocycles. The second kappa shape index (κ2) is 12.2. The molecule has 3 aliphatic rings. The number of carbonyl (C=O) groups excluding carboxylic acids is 1. The number of carbonyl (C=O) groups is 2. The van der Waals surface area contributed by atoms with Crippen LogP contribution in [0.4, 0.5) is 4.79 Å². The highest BCUT2D eigenvalue weighted by molar-refractivity contribution is 5.74. The smallest absolute Gasteiger partial charge is 0.410 e. The predicted molar refractivity (Wildman–Crippen MR) is 121 cm³/mol. The molecule has 0 aromatic heterocycles. The van der Waals surface area contributed by atoms with E-state index in [2.05, 4.69) is 14.7 Å². The zero-order chi connectivity index (χ0) is 22.9. The standard InChI is InChI=1S/C21H39N7O4/c22-20(23)27-14-12-24(13-15-27)5-1-2-7-28-17-18(32-21(28)31)16-26-10-8-25(9-11-26)6-3-4-19(29)30/h18H,1-17H2,(H3,22,23)(H,29,30). The largest absolute Gasteiger partial charge is 0.481 e. The quantitative estimate of drug-likeness (QED) is 0.217. The Kier molecular flexibility index (Phi) is 9.36. The van der Waals surface area contributed by atoms with Crippen LogP contribution in [-0.2, 0) is 9.53 Å². The van der Waals surface area contributed by atoms with Gasteiger partial charge in [-0.05, 0) is 32.4 Å². The van der Waals surface area contributed by atoms with Gasteiger partial charge >= 0.3 is 12.1 Å². The Morgan fingerprint density at radius 1 is 0.938 bits per heavy atom. The molecule has 0 radical (unpaired) electrons. The highest BCUT2D eigenvalue weighted by Crippen LogP contribution is 2.15. The lowest BCUT2D eigenvalue weighted by molar-refractivity contribution is -0.137. The Hall–Kier alpha value is -2.11. The number of cyclic esters (lactones) is 1. The van der Waals surface area contributed by atoms with Crippen molar-refractivity contribution in [3.05, 3.63) is 0 Å². The summed E-state index contributed by atoms with van der Waals surface area (Å²) >= 11 is 0. The van der Waals surface area contributed by atoms with Gasteiger partial charge < -0.3 is 30.3 Å². The van der Waals surface area contributed by atoms with E-state index < -0.39 is 5.97 Å². The summed E-state index contributed by atoms with van der Waals surface area (Å²) in [5.74, 6) is -0.576. The van der Waals surface area contributed by atoms with Gasteiger partial charge in [-0.2, -0.15) is 0 Å². The molecule has 3 aliphatic heterocycles. The topological polar surface area (TPSA) is 130 Å². The van der Waals surface area contributed by atoms with Gasteiger partial charge in [0.05, 0.1) is 6.54 Å². The van der Waals surface area contributed by atoms with Crippen LogP contribution >= 0.6 is 0 Å². The number of hydrogen-bond acceptors (Lipinski definition) is 7. The van der Waals surface area contributed by atoms with Crippen molar-refractivity contribution in [1.82, 2.24) is 24.5 Å². The molecule has 0 spiro atoms. The number of rotatable bonds is 11. The maximum atomic E-state index is 12.2. The number of nitrogens with zero attached hydrogens (tertiary/aromatic N) is 5. The van der Waals surface area contributed by atoms with Crippen LogP contribution in [0.5, 0.6) is 0 Å². The van der Waals surface area contributed by atoms with Crippen LogP contribution in [0.1, 0.15) is 25.7 Å². The molecule has 32 heavy (non-hydrogen) atoms. The van der Waals surface area contributed by atoms with Crippen molar-refractivity contribution in [1.29, 1.82) is 5.41 Å². The number of aliphatic carboxylic acids is 1. The normalized spacial score (nSPS) is 23.5. The molecule has 3 rings (SSSR count). The van der Waals surface area contributed by atoms with Gasteiger partial charge in [0.2, 0.25) is 0 Å². The number of nitrogens with one attached hydrogen (secondary N) is 1. The summed E-state index contributed by atoms with van der Waals surface area (Å²) in [5.41, 5.74) is 5.54. The van der Waals surface area contributed by atoms with Crippen molar-refractivity contribution >= 4 is 18.0 Å². The number of carboxylic acids is 1. The average molecular weight is 454 g/mol. The van der Waals surface area contributed by atoms with Crippen LogP contribution < -0.4 is 5.73 Å². The van der Waals surface area contributed by atoms with E-state index in [4.69, 9.17) is 21.0 Å². The Balaban J connectivity index is 1.25. The third-order valence-electron chi connectivity index (χ3n) is 6.61. The molecule has 11 nitrogen and oxygen atoms in total. The molecule has 0 bridgehead atoms. The van der Waals surface area contributed by atoms with Crippen LogP contribution in [0.15, 0.2) is 0 Å². The Morgan fingerprint density at radius 2 is 1.50 bits per heavy atom. The molecule has 182 valence electrons. The van der Waals surface area contributed by atoms with Crippen molar-refractivity contribution in [2.75, 3.05) is 85.1 Å². The minimum absolute atomic E-state index is 0.0688. The fraction of sp³-hybridized carbons (Fsp3) is 0.857. The van der Waals surface area contributed by atoms with Crippen LogP contribution in [0.25, 0.3) is 0 Å². The highest BCUT2D eigenvalue weighted by Gasteiger charge is 2.32. The first-order valence-corrected chi connectivity index (χ1v) is 11.8. The van der Waals surface area contributed by atoms with Crippen LogP contribution in [0.2, 0.25) is 0 Å². The van der Waals surface area contributed by atoms with Gasteiger partial charge in [0, 0.05) is 71.9 Å². The molecule has 0 aromatic carbocycles. The summed E-state index contributed by atoms with van der Waals surface area (Å²) in [4.78, 5) is 33.7. The first-order valence-electron chi connectivity index (χ1n) is 11.8. The number of unbranched alkanes of at least 4 members (excludes halogenated alkanes) is 1. The van der Waals surface area contributed by atoms with E-state index in [-0.39, 0.29) is 24.6 Å². The third-order valence-corrected chi connectivity index (χ3v) is 6.61. The molecule has 1 amide bonds. The molecule has 1 unspecified atom stereocenters. The summed E-state index contributed by atoms with van der Waals surface area (Å²) in [6.45, 7) is 11.2. The van der Waals surface area contributed by atoms with Crippen molar-refractivity contribution in [2.45, 2.75) is 31.8 Å². The first kappa shape index (κ1) is 24.5. The van der Waals surface area contributed by atoms with Crippen LogP contribution in [0, 0.1) is 5.41 Å². The van der Waals surface area contributed by atoms with Gasteiger partial charge in [0.25, 0.3) is 0 Å². The van der Waals surface area contributed by atoms with Crippen molar-refractivity contribution in [2.24, 2.45) is 5.73 Å². The fourth-order valence-electron chi connectivity index (χ4n) is 4.64. The average Bonchev–Trinajstić information content (AvgIpc) is 3.11. The maximum Gasteiger partial charge on any atom is 0.410 e. The van der Waals surface area contributed by atoms with E-state index in [0.29, 0.717) is 13.0 Å². The van der Waals surface area contributed by atoms with Gasteiger partial charge in [0.15, 0.2) is 5.96 Å².